The van der Waals surface area contributed by atoms with Crippen molar-refractivity contribution in [3.63, 3.8) is 0 Å². The Morgan fingerprint density at radius 3 is 3.11 bits per heavy atom. The Hall–Kier alpha value is -2.48. The van der Waals surface area contributed by atoms with Crippen LogP contribution in [0.5, 0.6) is 0 Å². The van der Waals surface area contributed by atoms with Gasteiger partial charge in [0.2, 0.25) is 0 Å². The normalized spacial score (nSPS) is 17.1. The van der Waals surface area contributed by atoms with Crippen LogP contribution in [-0.4, -0.2) is 59.0 Å². The lowest BCUT2D eigenvalue weighted by Crippen LogP contribution is -2.40. The molecule has 0 amide bonds. The minimum atomic E-state index is -0.222. The predicted octanol–water partition coefficient (Wildman–Crippen LogP) is 2.09. The molecule has 0 radical (unpaired) electrons. The zero-order valence-electron chi connectivity index (χ0n) is 16.6. The molecular formula is C20H29FN6O. The molecule has 1 fully saturated rings. The van der Waals surface area contributed by atoms with E-state index in [1.165, 1.54) is 6.07 Å². The summed E-state index contributed by atoms with van der Waals surface area (Å²) in [5, 5.41) is 11.5. The minimum absolute atomic E-state index is 0.222. The molecule has 0 bridgehead atoms. The molecular weight excluding hydrogens is 359 g/mol. The summed E-state index contributed by atoms with van der Waals surface area (Å²) in [7, 11) is 1.97. The summed E-state index contributed by atoms with van der Waals surface area (Å²) in [5.41, 5.74) is 0.910. The first kappa shape index (κ1) is 20.3. The number of guanidine groups is 1. The van der Waals surface area contributed by atoms with E-state index in [1.54, 1.807) is 18.5 Å². The molecule has 1 unspecified atom stereocenters. The Morgan fingerprint density at radius 2 is 2.36 bits per heavy atom. The Balaban J connectivity index is 1.62. The third-order valence-electron chi connectivity index (χ3n) is 4.84. The first-order chi connectivity index (χ1) is 13.7. The standard InChI is InChI=1S/C20H29FN6O/c1-3-19-25-24-15-27(19)9-8-22-20(23-12-17-7-10-28-14-17)26(2)13-16-5-4-6-18(21)11-16/h4-6,11,15,17H,3,7-10,12-14H2,1-2H3,(H,22,23). The highest BCUT2D eigenvalue weighted by Gasteiger charge is 2.16. The van der Waals surface area contributed by atoms with Gasteiger partial charge in [0.05, 0.1) is 6.61 Å². The van der Waals surface area contributed by atoms with Crippen LogP contribution in [0.15, 0.2) is 35.6 Å². The summed E-state index contributed by atoms with van der Waals surface area (Å²) < 4.78 is 21.0. The molecule has 8 heteroatoms. The topological polar surface area (TPSA) is 67.6 Å². The monoisotopic (exact) mass is 388 g/mol. The number of hydrogen-bond donors (Lipinski definition) is 1. The van der Waals surface area contributed by atoms with Gasteiger partial charge in [0.25, 0.3) is 0 Å². The highest BCUT2D eigenvalue weighted by molar-refractivity contribution is 5.79. The van der Waals surface area contributed by atoms with Gasteiger partial charge in [0.1, 0.15) is 18.0 Å². The fourth-order valence-corrected chi connectivity index (χ4v) is 3.27. The van der Waals surface area contributed by atoms with Gasteiger partial charge in [-0.05, 0) is 24.1 Å². The van der Waals surface area contributed by atoms with Crippen molar-refractivity contribution in [2.24, 2.45) is 10.9 Å². The number of aromatic nitrogens is 3. The Kier molecular flexibility index (Phi) is 7.36. The van der Waals surface area contributed by atoms with Crippen LogP contribution < -0.4 is 5.32 Å². The van der Waals surface area contributed by atoms with Crippen LogP contribution in [0.25, 0.3) is 0 Å². The van der Waals surface area contributed by atoms with Gasteiger partial charge in [-0.1, -0.05) is 19.1 Å². The number of aryl methyl sites for hydroxylation is 1. The zero-order valence-corrected chi connectivity index (χ0v) is 16.6. The summed E-state index contributed by atoms with van der Waals surface area (Å²) in [4.78, 5) is 6.83. The van der Waals surface area contributed by atoms with Gasteiger partial charge < -0.3 is 19.5 Å². The summed E-state index contributed by atoms with van der Waals surface area (Å²) in [6, 6.07) is 6.68. The maximum Gasteiger partial charge on any atom is 0.194 e. The highest BCUT2D eigenvalue weighted by atomic mass is 19.1. The number of hydrogen-bond acceptors (Lipinski definition) is 4. The molecule has 1 aliphatic rings. The number of rotatable bonds is 8. The van der Waals surface area contributed by atoms with Gasteiger partial charge in [-0.15, -0.1) is 10.2 Å². The molecule has 1 saturated heterocycles. The molecule has 2 heterocycles. The second kappa shape index (κ2) is 10.2. The van der Waals surface area contributed by atoms with Crippen LogP contribution >= 0.6 is 0 Å². The quantitative estimate of drug-likeness (QED) is 0.554. The third kappa shape index (κ3) is 5.76. The first-order valence-corrected chi connectivity index (χ1v) is 9.84. The lowest BCUT2D eigenvalue weighted by molar-refractivity contribution is 0.187. The highest BCUT2D eigenvalue weighted by Crippen LogP contribution is 2.13. The van der Waals surface area contributed by atoms with E-state index < -0.39 is 0 Å². The van der Waals surface area contributed by atoms with Crippen molar-refractivity contribution >= 4 is 5.96 Å². The number of benzene rings is 1. The maximum atomic E-state index is 13.5. The molecule has 1 aromatic heterocycles. The SMILES string of the molecule is CCc1nncn1CCNC(=NCC1CCOC1)N(C)Cc1cccc(F)c1. The first-order valence-electron chi connectivity index (χ1n) is 9.84. The van der Waals surface area contributed by atoms with Crippen molar-refractivity contribution in [3.8, 4) is 0 Å². The lowest BCUT2D eigenvalue weighted by Gasteiger charge is -2.23. The number of aliphatic imine (C=N–C) groups is 1. The molecule has 0 spiro atoms. The van der Waals surface area contributed by atoms with Crippen molar-refractivity contribution in [2.75, 3.05) is 33.4 Å². The van der Waals surface area contributed by atoms with Gasteiger partial charge >= 0.3 is 0 Å². The van der Waals surface area contributed by atoms with Crippen LogP contribution in [0.3, 0.4) is 0 Å². The second-order valence-corrected chi connectivity index (χ2v) is 7.10. The van der Waals surface area contributed by atoms with Crippen LogP contribution in [0, 0.1) is 11.7 Å². The number of nitrogens with one attached hydrogen (secondary N) is 1. The fraction of sp³-hybridized carbons (Fsp3) is 0.550. The van der Waals surface area contributed by atoms with E-state index in [2.05, 4.69) is 22.4 Å². The summed E-state index contributed by atoms with van der Waals surface area (Å²) in [6.07, 6.45) is 3.65. The lowest BCUT2D eigenvalue weighted by atomic mass is 10.1. The molecule has 0 aliphatic carbocycles. The molecule has 0 saturated carbocycles. The van der Waals surface area contributed by atoms with Crippen molar-refractivity contribution in [1.82, 2.24) is 25.0 Å². The third-order valence-corrected chi connectivity index (χ3v) is 4.84. The van der Waals surface area contributed by atoms with Crippen molar-refractivity contribution in [1.29, 1.82) is 0 Å². The van der Waals surface area contributed by atoms with Crippen LogP contribution in [-0.2, 0) is 24.2 Å². The van der Waals surface area contributed by atoms with Crippen molar-refractivity contribution in [2.45, 2.75) is 32.9 Å². The summed E-state index contributed by atoms with van der Waals surface area (Å²) in [6.45, 7) is 6.42. The summed E-state index contributed by atoms with van der Waals surface area (Å²) in [5.74, 6) is 2.02. The number of nitrogens with zero attached hydrogens (tertiary/aromatic N) is 5. The molecule has 1 atom stereocenters. The smallest absolute Gasteiger partial charge is 0.194 e. The molecule has 152 valence electrons. The van der Waals surface area contributed by atoms with Gasteiger partial charge in [-0.25, -0.2) is 4.39 Å². The Morgan fingerprint density at radius 1 is 1.46 bits per heavy atom. The average Bonchev–Trinajstić information content (AvgIpc) is 3.36. The van der Waals surface area contributed by atoms with E-state index in [4.69, 9.17) is 9.73 Å². The van der Waals surface area contributed by atoms with E-state index in [-0.39, 0.29) is 5.82 Å². The van der Waals surface area contributed by atoms with Crippen LogP contribution in [0.1, 0.15) is 24.7 Å². The van der Waals surface area contributed by atoms with Crippen molar-refractivity contribution in [3.05, 3.63) is 47.8 Å². The van der Waals surface area contributed by atoms with E-state index in [0.29, 0.717) is 19.0 Å². The van der Waals surface area contributed by atoms with Crippen molar-refractivity contribution < 1.29 is 9.13 Å². The van der Waals surface area contributed by atoms with E-state index in [0.717, 1.165) is 56.5 Å². The molecule has 2 aromatic rings. The molecule has 7 nitrogen and oxygen atoms in total. The van der Waals surface area contributed by atoms with Gasteiger partial charge in [-0.2, -0.15) is 0 Å². The number of halogens is 1. The van der Waals surface area contributed by atoms with Gasteiger partial charge in [0, 0.05) is 52.2 Å². The van der Waals surface area contributed by atoms with E-state index in [9.17, 15) is 4.39 Å². The van der Waals surface area contributed by atoms with E-state index in [1.807, 2.05) is 22.6 Å². The number of ether oxygens (including phenoxy) is 1. The second-order valence-electron chi connectivity index (χ2n) is 7.10. The molecule has 3 rings (SSSR count). The van der Waals surface area contributed by atoms with Crippen LogP contribution in [0.4, 0.5) is 4.39 Å². The zero-order chi connectivity index (χ0) is 19.8. The Bertz CT molecular complexity index is 772. The minimum Gasteiger partial charge on any atom is -0.381 e. The fourth-order valence-electron chi connectivity index (χ4n) is 3.27. The largest absolute Gasteiger partial charge is 0.381 e. The van der Waals surface area contributed by atoms with E-state index >= 15 is 0 Å². The predicted molar refractivity (Wildman–Crippen MR) is 106 cm³/mol. The average molecular weight is 388 g/mol. The molecule has 1 aromatic carbocycles. The maximum absolute atomic E-state index is 13.5. The Labute approximate surface area is 165 Å². The molecule has 1 aliphatic heterocycles. The summed E-state index contributed by atoms with van der Waals surface area (Å²) >= 11 is 0. The van der Waals surface area contributed by atoms with Crippen LogP contribution in [0.2, 0.25) is 0 Å². The molecule has 28 heavy (non-hydrogen) atoms. The van der Waals surface area contributed by atoms with Gasteiger partial charge in [-0.3, -0.25) is 4.99 Å². The van der Waals surface area contributed by atoms with Gasteiger partial charge in [0.15, 0.2) is 5.96 Å². The molecule has 1 N–H and O–H groups in total.